The zero-order valence-corrected chi connectivity index (χ0v) is 17.6. The van der Waals surface area contributed by atoms with Crippen LogP contribution in [0.25, 0.3) is 0 Å². The SMILES string of the molecule is O=C1OC2(CCCN(c3ncccc3CCN3CCC(c4ccccn4)C3)C2=O)OC1=O. The van der Waals surface area contributed by atoms with E-state index >= 15 is 0 Å². The maximum absolute atomic E-state index is 13.2. The third-order valence-electron chi connectivity index (χ3n) is 6.34. The molecule has 9 heteroatoms. The molecule has 0 radical (unpaired) electrons. The van der Waals surface area contributed by atoms with Crippen molar-refractivity contribution in [1.29, 1.82) is 0 Å². The van der Waals surface area contributed by atoms with Crippen LogP contribution in [0.5, 0.6) is 0 Å². The number of pyridine rings is 2. The van der Waals surface area contributed by atoms with Crippen LogP contribution in [-0.2, 0) is 30.3 Å². The number of hydrogen-bond donors (Lipinski definition) is 0. The van der Waals surface area contributed by atoms with Gasteiger partial charge in [-0.1, -0.05) is 12.1 Å². The Bertz CT molecular complexity index is 1030. The van der Waals surface area contributed by atoms with Crippen molar-refractivity contribution in [2.24, 2.45) is 0 Å². The number of amides is 1. The van der Waals surface area contributed by atoms with E-state index in [1.807, 2.05) is 30.5 Å². The Kier molecular flexibility index (Phi) is 5.34. The van der Waals surface area contributed by atoms with Crippen molar-refractivity contribution in [3.8, 4) is 0 Å². The number of carbonyl (C=O) groups excluding carboxylic acids is 3. The van der Waals surface area contributed by atoms with Crippen molar-refractivity contribution < 1.29 is 23.9 Å². The molecule has 2 aromatic heterocycles. The van der Waals surface area contributed by atoms with Gasteiger partial charge in [0.05, 0.1) is 0 Å². The molecule has 0 N–H and O–H groups in total. The molecule has 1 amide bonds. The van der Waals surface area contributed by atoms with Crippen LogP contribution in [0, 0.1) is 0 Å². The largest absolute Gasteiger partial charge is 0.421 e. The molecule has 3 saturated heterocycles. The van der Waals surface area contributed by atoms with Crippen LogP contribution in [0.15, 0.2) is 42.7 Å². The molecule has 3 aliphatic heterocycles. The summed E-state index contributed by atoms with van der Waals surface area (Å²) in [5.41, 5.74) is 2.05. The maximum atomic E-state index is 13.2. The normalized spacial score (nSPS) is 22.9. The summed E-state index contributed by atoms with van der Waals surface area (Å²) < 4.78 is 10.1. The summed E-state index contributed by atoms with van der Waals surface area (Å²) in [4.78, 5) is 49.2. The number of likely N-dealkylation sites (tertiary alicyclic amines) is 1. The van der Waals surface area contributed by atoms with Crippen LogP contribution < -0.4 is 4.90 Å². The van der Waals surface area contributed by atoms with Gasteiger partial charge in [0.15, 0.2) is 0 Å². The van der Waals surface area contributed by atoms with Crippen LogP contribution in [0.1, 0.15) is 36.4 Å². The molecule has 5 rings (SSSR count). The minimum absolute atomic E-state index is 0.157. The number of ether oxygens (including phenoxy) is 2. The third-order valence-corrected chi connectivity index (χ3v) is 6.34. The van der Waals surface area contributed by atoms with Gasteiger partial charge < -0.3 is 14.4 Å². The summed E-state index contributed by atoms with van der Waals surface area (Å²) in [6, 6.07) is 9.83. The quantitative estimate of drug-likeness (QED) is 0.513. The average Bonchev–Trinajstić information content (AvgIpc) is 3.40. The minimum Gasteiger partial charge on any atom is -0.405 e. The molecule has 5 heterocycles. The average molecular weight is 436 g/mol. The Labute approximate surface area is 185 Å². The predicted octanol–water partition coefficient (Wildman–Crippen LogP) is 1.43. The monoisotopic (exact) mass is 436 g/mol. The fourth-order valence-electron chi connectivity index (χ4n) is 4.72. The van der Waals surface area contributed by atoms with Gasteiger partial charge in [0.2, 0.25) is 0 Å². The van der Waals surface area contributed by atoms with Gasteiger partial charge in [-0.25, -0.2) is 14.6 Å². The Balaban J connectivity index is 1.28. The second kappa shape index (κ2) is 8.31. The standard InChI is InChI=1S/C23H24N4O5/c28-20-21(29)32-23(31-20)9-4-12-27(22(23)30)19-16(5-3-11-25-19)7-13-26-14-8-17(15-26)18-6-1-2-10-24-18/h1-3,5-6,10-11,17H,4,7-9,12-15H2. The molecule has 1 unspecified atom stereocenters. The second-order valence-electron chi connectivity index (χ2n) is 8.37. The van der Waals surface area contributed by atoms with E-state index in [9.17, 15) is 14.4 Å². The van der Waals surface area contributed by atoms with Gasteiger partial charge in [-0.05, 0) is 49.6 Å². The van der Waals surface area contributed by atoms with E-state index in [0.29, 0.717) is 31.1 Å². The summed E-state index contributed by atoms with van der Waals surface area (Å²) >= 11 is 0. The van der Waals surface area contributed by atoms with E-state index in [0.717, 1.165) is 37.3 Å². The molecule has 32 heavy (non-hydrogen) atoms. The van der Waals surface area contributed by atoms with E-state index in [-0.39, 0.29) is 6.42 Å². The van der Waals surface area contributed by atoms with E-state index < -0.39 is 23.6 Å². The lowest BCUT2D eigenvalue weighted by Gasteiger charge is -2.36. The molecule has 166 valence electrons. The molecule has 9 nitrogen and oxygen atoms in total. The van der Waals surface area contributed by atoms with Crippen LogP contribution in [0.2, 0.25) is 0 Å². The number of piperidine rings is 1. The van der Waals surface area contributed by atoms with Gasteiger partial charge >= 0.3 is 23.6 Å². The van der Waals surface area contributed by atoms with Crippen LogP contribution in [0.4, 0.5) is 5.82 Å². The number of hydrogen-bond acceptors (Lipinski definition) is 8. The summed E-state index contributed by atoms with van der Waals surface area (Å²) in [6.07, 6.45) is 5.94. The van der Waals surface area contributed by atoms with Crippen molar-refractivity contribution in [2.75, 3.05) is 31.1 Å². The zero-order valence-electron chi connectivity index (χ0n) is 17.6. The Morgan fingerprint density at radius 1 is 1.00 bits per heavy atom. The number of nitrogens with zero attached hydrogens (tertiary/aromatic N) is 4. The van der Waals surface area contributed by atoms with Crippen molar-refractivity contribution >= 4 is 23.7 Å². The van der Waals surface area contributed by atoms with Gasteiger partial charge in [0.1, 0.15) is 5.82 Å². The molecule has 0 bridgehead atoms. The Hall–Kier alpha value is -3.33. The molecular formula is C23H24N4O5. The first-order valence-electron chi connectivity index (χ1n) is 10.9. The molecule has 0 aromatic carbocycles. The first-order chi connectivity index (χ1) is 15.6. The summed E-state index contributed by atoms with van der Waals surface area (Å²) in [6.45, 7) is 3.20. The number of rotatable bonds is 5. The Morgan fingerprint density at radius 3 is 2.59 bits per heavy atom. The van der Waals surface area contributed by atoms with Gasteiger partial charge in [-0.3, -0.25) is 14.7 Å². The molecule has 1 atom stereocenters. The lowest BCUT2D eigenvalue weighted by atomic mass is 10.0. The molecular weight excluding hydrogens is 412 g/mol. The fraction of sp³-hybridized carbons (Fsp3) is 0.435. The Morgan fingerprint density at radius 2 is 1.81 bits per heavy atom. The topological polar surface area (TPSA) is 102 Å². The van der Waals surface area contributed by atoms with Gasteiger partial charge in [0, 0.05) is 50.1 Å². The van der Waals surface area contributed by atoms with E-state index in [2.05, 4.69) is 20.9 Å². The number of carbonyl (C=O) groups is 3. The van der Waals surface area contributed by atoms with Crippen molar-refractivity contribution in [3.05, 3.63) is 54.0 Å². The van der Waals surface area contributed by atoms with Gasteiger partial charge in [-0.2, -0.15) is 0 Å². The molecule has 2 aromatic rings. The molecule has 1 spiro atoms. The van der Waals surface area contributed by atoms with E-state index in [4.69, 9.17) is 9.47 Å². The highest BCUT2D eigenvalue weighted by Gasteiger charge is 2.58. The van der Waals surface area contributed by atoms with Crippen molar-refractivity contribution in [2.45, 2.75) is 37.4 Å². The minimum atomic E-state index is -1.86. The van der Waals surface area contributed by atoms with Crippen LogP contribution in [0.3, 0.4) is 0 Å². The summed E-state index contributed by atoms with van der Waals surface area (Å²) in [5.74, 6) is -3.71. The highest BCUT2D eigenvalue weighted by molar-refractivity contribution is 6.32. The lowest BCUT2D eigenvalue weighted by molar-refractivity contribution is -0.193. The smallest absolute Gasteiger partial charge is 0.405 e. The molecule has 0 saturated carbocycles. The second-order valence-corrected chi connectivity index (χ2v) is 8.37. The number of esters is 2. The summed E-state index contributed by atoms with van der Waals surface area (Å²) in [7, 11) is 0. The molecule has 0 aliphatic carbocycles. The van der Waals surface area contributed by atoms with Crippen molar-refractivity contribution in [3.63, 3.8) is 0 Å². The van der Waals surface area contributed by atoms with Crippen molar-refractivity contribution in [1.82, 2.24) is 14.9 Å². The van der Waals surface area contributed by atoms with Crippen LogP contribution >= 0.6 is 0 Å². The fourth-order valence-corrected chi connectivity index (χ4v) is 4.72. The van der Waals surface area contributed by atoms with E-state index in [1.165, 1.54) is 4.90 Å². The predicted molar refractivity (Wildman–Crippen MR) is 112 cm³/mol. The summed E-state index contributed by atoms with van der Waals surface area (Å²) in [5, 5.41) is 0. The lowest BCUT2D eigenvalue weighted by Crippen LogP contribution is -2.55. The van der Waals surface area contributed by atoms with E-state index in [1.54, 1.807) is 6.20 Å². The first kappa shape index (κ1) is 20.6. The molecule has 3 fully saturated rings. The van der Waals surface area contributed by atoms with Crippen LogP contribution in [-0.4, -0.2) is 64.7 Å². The third kappa shape index (κ3) is 3.73. The number of anilines is 1. The highest BCUT2D eigenvalue weighted by Crippen LogP contribution is 2.35. The highest BCUT2D eigenvalue weighted by atomic mass is 16.8. The zero-order chi connectivity index (χ0) is 22.1. The van der Waals surface area contributed by atoms with Gasteiger partial charge in [-0.15, -0.1) is 0 Å². The maximum Gasteiger partial charge on any atom is 0.421 e. The van der Waals surface area contributed by atoms with Gasteiger partial charge in [0.25, 0.3) is 0 Å². The first-order valence-corrected chi connectivity index (χ1v) is 10.9. The molecule has 3 aliphatic rings. The number of aromatic nitrogens is 2.